The number of fused-ring (bicyclic) bond motifs is 1. The molecule has 0 saturated heterocycles. The number of aromatic nitrogens is 1. The number of aliphatic hydroxyl groups excluding tert-OH is 1. The van der Waals surface area contributed by atoms with Crippen LogP contribution in [0, 0.1) is 0 Å². The molecule has 0 aliphatic carbocycles. The van der Waals surface area contributed by atoms with Crippen molar-refractivity contribution in [2.45, 2.75) is 13.5 Å². The molecule has 0 bridgehead atoms. The third-order valence-electron chi connectivity index (χ3n) is 2.91. The van der Waals surface area contributed by atoms with Crippen molar-refractivity contribution in [2.75, 3.05) is 19.7 Å². The molecule has 1 N–H and O–H groups in total. The van der Waals surface area contributed by atoms with E-state index in [-0.39, 0.29) is 6.61 Å². The smallest absolute Gasteiger partial charge is 0.0705 e. The average molecular weight is 230 g/mol. The van der Waals surface area contributed by atoms with E-state index < -0.39 is 0 Å². The quantitative estimate of drug-likeness (QED) is 0.854. The van der Waals surface area contributed by atoms with E-state index in [0.717, 1.165) is 24.3 Å². The molecule has 0 fully saturated rings. The molecule has 0 aliphatic heterocycles. The lowest BCUT2D eigenvalue weighted by atomic mass is 10.2. The lowest BCUT2D eigenvalue weighted by Crippen LogP contribution is -2.26. The summed E-state index contributed by atoms with van der Waals surface area (Å²) in [5.74, 6) is 0. The zero-order valence-electron chi connectivity index (χ0n) is 10.1. The highest BCUT2D eigenvalue weighted by Crippen LogP contribution is 2.12. The highest BCUT2D eigenvalue weighted by molar-refractivity contribution is 5.78. The van der Waals surface area contributed by atoms with Crippen LogP contribution in [0.15, 0.2) is 36.4 Å². The van der Waals surface area contributed by atoms with E-state index in [0.29, 0.717) is 6.54 Å². The minimum atomic E-state index is 0.196. The number of benzene rings is 1. The van der Waals surface area contributed by atoms with E-state index in [9.17, 15) is 0 Å². The normalized spacial score (nSPS) is 11.2. The van der Waals surface area contributed by atoms with Crippen molar-refractivity contribution in [3.8, 4) is 0 Å². The number of pyridine rings is 1. The predicted molar refractivity (Wildman–Crippen MR) is 69.8 cm³/mol. The Balaban J connectivity index is 2.18. The van der Waals surface area contributed by atoms with Gasteiger partial charge in [0.1, 0.15) is 0 Å². The lowest BCUT2D eigenvalue weighted by molar-refractivity contribution is 0.195. The van der Waals surface area contributed by atoms with Crippen LogP contribution in [0.3, 0.4) is 0 Å². The second kappa shape index (κ2) is 5.75. The van der Waals surface area contributed by atoms with Crippen LogP contribution in [-0.4, -0.2) is 34.7 Å². The standard InChI is InChI=1S/C14H18N2O/c1-2-16(9-10-17)11-13-8-7-12-5-3-4-6-14(12)15-13/h3-8,17H,2,9-11H2,1H3. The van der Waals surface area contributed by atoms with Crippen LogP contribution >= 0.6 is 0 Å². The first-order valence-electron chi connectivity index (χ1n) is 6.01. The van der Waals surface area contributed by atoms with Gasteiger partial charge >= 0.3 is 0 Å². The first-order chi connectivity index (χ1) is 8.33. The molecule has 0 aliphatic rings. The Morgan fingerprint density at radius 2 is 2.00 bits per heavy atom. The van der Waals surface area contributed by atoms with Crippen LogP contribution in [0.4, 0.5) is 0 Å². The van der Waals surface area contributed by atoms with Crippen molar-refractivity contribution in [3.63, 3.8) is 0 Å². The van der Waals surface area contributed by atoms with E-state index in [4.69, 9.17) is 5.11 Å². The van der Waals surface area contributed by atoms with Gasteiger partial charge in [-0.05, 0) is 18.7 Å². The van der Waals surface area contributed by atoms with E-state index in [1.54, 1.807) is 0 Å². The van der Waals surface area contributed by atoms with Crippen LogP contribution < -0.4 is 0 Å². The minimum absolute atomic E-state index is 0.196. The summed E-state index contributed by atoms with van der Waals surface area (Å²) < 4.78 is 0. The maximum Gasteiger partial charge on any atom is 0.0705 e. The number of likely N-dealkylation sites (N-methyl/N-ethyl adjacent to an activating group) is 1. The number of hydrogen-bond donors (Lipinski definition) is 1. The van der Waals surface area contributed by atoms with Crippen molar-refractivity contribution in [2.24, 2.45) is 0 Å². The molecule has 0 spiro atoms. The number of hydrogen-bond acceptors (Lipinski definition) is 3. The number of nitrogens with zero attached hydrogens (tertiary/aromatic N) is 2. The van der Waals surface area contributed by atoms with E-state index in [1.165, 1.54) is 5.39 Å². The van der Waals surface area contributed by atoms with Gasteiger partial charge in [-0.15, -0.1) is 0 Å². The third-order valence-corrected chi connectivity index (χ3v) is 2.91. The largest absolute Gasteiger partial charge is 0.395 e. The van der Waals surface area contributed by atoms with Crippen LogP contribution in [-0.2, 0) is 6.54 Å². The Morgan fingerprint density at radius 1 is 1.18 bits per heavy atom. The first-order valence-corrected chi connectivity index (χ1v) is 6.01. The van der Waals surface area contributed by atoms with E-state index >= 15 is 0 Å². The van der Waals surface area contributed by atoms with Crippen LogP contribution in [0.25, 0.3) is 10.9 Å². The Morgan fingerprint density at radius 3 is 2.76 bits per heavy atom. The monoisotopic (exact) mass is 230 g/mol. The van der Waals surface area contributed by atoms with Crippen molar-refractivity contribution in [1.29, 1.82) is 0 Å². The molecule has 1 aromatic carbocycles. The summed E-state index contributed by atoms with van der Waals surface area (Å²) in [6.45, 7) is 4.71. The number of aliphatic hydroxyl groups is 1. The number of para-hydroxylation sites is 1. The Bertz CT molecular complexity index is 484. The maximum atomic E-state index is 8.96. The number of rotatable bonds is 5. The van der Waals surface area contributed by atoms with Gasteiger partial charge < -0.3 is 5.11 Å². The Kier molecular flexibility index (Phi) is 4.07. The molecule has 1 aromatic heterocycles. The molecule has 2 rings (SSSR count). The van der Waals surface area contributed by atoms with Crippen LogP contribution in [0.1, 0.15) is 12.6 Å². The Hall–Kier alpha value is -1.45. The second-order valence-corrected chi connectivity index (χ2v) is 4.09. The molecule has 0 saturated carbocycles. The van der Waals surface area contributed by atoms with Crippen LogP contribution in [0.5, 0.6) is 0 Å². The average Bonchev–Trinajstić information content (AvgIpc) is 2.38. The zero-order chi connectivity index (χ0) is 12.1. The molecule has 3 nitrogen and oxygen atoms in total. The van der Waals surface area contributed by atoms with Crippen molar-refractivity contribution >= 4 is 10.9 Å². The van der Waals surface area contributed by atoms with Gasteiger partial charge in [0.25, 0.3) is 0 Å². The highest BCUT2D eigenvalue weighted by Gasteiger charge is 2.04. The predicted octanol–water partition coefficient (Wildman–Crippen LogP) is 2.05. The van der Waals surface area contributed by atoms with E-state index in [2.05, 4.69) is 35.0 Å². The Labute approximate surface area is 102 Å². The molecule has 0 unspecified atom stereocenters. The van der Waals surface area contributed by atoms with Gasteiger partial charge in [-0.1, -0.05) is 31.2 Å². The summed E-state index contributed by atoms with van der Waals surface area (Å²) in [4.78, 5) is 6.80. The molecule has 2 aromatic rings. The second-order valence-electron chi connectivity index (χ2n) is 4.09. The molecule has 3 heteroatoms. The first kappa shape index (κ1) is 12.0. The van der Waals surface area contributed by atoms with Crippen molar-refractivity contribution < 1.29 is 5.11 Å². The van der Waals surface area contributed by atoms with Gasteiger partial charge in [0, 0.05) is 18.5 Å². The molecular formula is C14H18N2O. The zero-order valence-corrected chi connectivity index (χ0v) is 10.1. The summed E-state index contributed by atoms with van der Waals surface area (Å²) in [7, 11) is 0. The van der Waals surface area contributed by atoms with Crippen molar-refractivity contribution in [1.82, 2.24) is 9.88 Å². The van der Waals surface area contributed by atoms with Gasteiger partial charge in [-0.25, -0.2) is 0 Å². The summed E-state index contributed by atoms with van der Waals surface area (Å²) in [5, 5.41) is 10.1. The fraction of sp³-hybridized carbons (Fsp3) is 0.357. The van der Waals surface area contributed by atoms with Gasteiger partial charge in [0.05, 0.1) is 17.8 Å². The van der Waals surface area contributed by atoms with Gasteiger partial charge in [-0.2, -0.15) is 0 Å². The maximum absolute atomic E-state index is 8.96. The molecular weight excluding hydrogens is 212 g/mol. The van der Waals surface area contributed by atoms with Crippen molar-refractivity contribution in [3.05, 3.63) is 42.1 Å². The summed E-state index contributed by atoms with van der Waals surface area (Å²) in [5.41, 5.74) is 2.09. The van der Waals surface area contributed by atoms with Gasteiger partial charge in [-0.3, -0.25) is 9.88 Å². The summed E-state index contributed by atoms with van der Waals surface area (Å²) >= 11 is 0. The minimum Gasteiger partial charge on any atom is -0.395 e. The summed E-state index contributed by atoms with van der Waals surface area (Å²) in [6, 6.07) is 12.3. The topological polar surface area (TPSA) is 36.4 Å². The lowest BCUT2D eigenvalue weighted by Gasteiger charge is -2.18. The third kappa shape index (κ3) is 3.02. The molecule has 1 heterocycles. The molecule has 90 valence electrons. The fourth-order valence-electron chi connectivity index (χ4n) is 1.92. The van der Waals surface area contributed by atoms with Gasteiger partial charge in [0.15, 0.2) is 0 Å². The molecule has 0 amide bonds. The highest BCUT2D eigenvalue weighted by atomic mass is 16.3. The van der Waals surface area contributed by atoms with Crippen LogP contribution in [0.2, 0.25) is 0 Å². The van der Waals surface area contributed by atoms with E-state index in [1.807, 2.05) is 18.2 Å². The molecule has 0 radical (unpaired) electrons. The SMILES string of the molecule is CCN(CCO)Cc1ccc2ccccc2n1. The fourth-order valence-corrected chi connectivity index (χ4v) is 1.92. The summed E-state index contributed by atoms with van der Waals surface area (Å²) in [6.07, 6.45) is 0. The molecule has 0 atom stereocenters. The van der Waals surface area contributed by atoms with Gasteiger partial charge in [0.2, 0.25) is 0 Å². The molecule has 17 heavy (non-hydrogen) atoms.